The fourth-order valence-corrected chi connectivity index (χ4v) is 3.57. The van der Waals surface area contributed by atoms with E-state index in [1.165, 1.54) is 42.1 Å². The Hall–Kier alpha value is -1.32. The summed E-state index contributed by atoms with van der Waals surface area (Å²) in [6, 6.07) is 13.0. The van der Waals surface area contributed by atoms with E-state index in [9.17, 15) is 0 Å². The molecule has 3 rings (SSSR count). The Labute approximate surface area is 125 Å². The molecule has 0 radical (unpaired) electrons. The molecule has 1 aliphatic rings. The number of hydrogen-bond donors (Lipinski definition) is 1. The summed E-state index contributed by atoms with van der Waals surface area (Å²) < 4.78 is 0. The Morgan fingerprint density at radius 3 is 2.70 bits per heavy atom. The summed E-state index contributed by atoms with van der Waals surface area (Å²) in [4.78, 5) is 3.77. The number of nitrogens with one attached hydrogen (secondary N) is 1. The van der Waals surface area contributed by atoms with Gasteiger partial charge in [-0.15, -0.1) is 11.3 Å². The van der Waals surface area contributed by atoms with E-state index in [4.69, 9.17) is 0 Å². The Kier molecular flexibility index (Phi) is 4.38. The topological polar surface area (TPSA) is 15.3 Å². The van der Waals surface area contributed by atoms with Gasteiger partial charge in [-0.25, -0.2) is 0 Å². The fourth-order valence-electron chi connectivity index (χ4n) is 2.80. The van der Waals surface area contributed by atoms with Gasteiger partial charge in [0.05, 0.1) is 0 Å². The van der Waals surface area contributed by atoms with Gasteiger partial charge in [-0.2, -0.15) is 0 Å². The number of piperidine rings is 1. The molecule has 0 bridgehead atoms. The summed E-state index contributed by atoms with van der Waals surface area (Å²) in [5.41, 5.74) is 2.60. The zero-order valence-corrected chi connectivity index (χ0v) is 12.8. The summed E-state index contributed by atoms with van der Waals surface area (Å²) in [7, 11) is 2.22. The van der Waals surface area contributed by atoms with Crippen LogP contribution in [0.25, 0.3) is 10.4 Å². The smallest absolute Gasteiger partial charge is 0.0428 e. The molecule has 106 valence electrons. The molecule has 0 amide bonds. The molecule has 1 aromatic carbocycles. The van der Waals surface area contributed by atoms with Gasteiger partial charge in [0, 0.05) is 22.7 Å². The average molecular weight is 286 g/mol. The van der Waals surface area contributed by atoms with Crippen LogP contribution >= 0.6 is 11.3 Å². The highest BCUT2D eigenvalue weighted by Gasteiger charge is 2.16. The van der Waals surface area contributed by atoms with E-state index in [1.54, 1.807) is 11.3 Å². The van der Waals surface area contributed by atoms with Crippen LogP contribution < -0.4 is 5.32 Å². The largest absolute Gasteiger partial charge is 0.384 e. The molecule has 0 atom stereocenters. The number of anilines is 1. The molecule has 2 heterocycles. The second-order valence-electron chi connectivity index (χ2n) is 5.65. The lowest BCUT2D eigenvalue weighted by atomic mass is 9.97. The van der Waals surface area contributed by atoms with Crippen LogP contribution in [0.3, 0.4) is 0 Å². The molecular formula is C17H22N2S. The molecular weight excluding hydrogens is 264 g/mol. The van der Waals surface area contributed by atoms with Gasteiger partial charge < -0.3 is 10.2 Å². The normalized spacial score (nSPS) is 17.2. The fraction of sp³-hybridized carbons (Fsp3) is 0.412. The van der Waals surface area contributed by atoms with E-state index < -0.39 is 0 Å². The van der Waals surface area contributed by atoms with Gasteiger partial charge in [0.25, 0.3) is 0 Å². The van der Waals surface area contributed by atoms with Gasteiger partial charge in [-0.1, -0.05) is 24.3 Å². The third-order valence-electron chi connectivity index (χ3n) is 4.13. The second-order valence-corrected chi connectivity index (χ2v) is 6.60. The Morgan fingerprint density at radius 1 is 1.15 bits per heavy atom. The van der Waals surface area contributed by atoms with Gasteiger partial charge in [0.15, 0.2) is 0 Å². The predicted molar refractivity (Wildman–Crippen MR) is 88.5 cm³/mol. The number of benzene rings is 1. The minimum absolute atomic E-state index is 0.808. The SMILES string of the molecule is CN1CCC(CNc2ccccc2-c2cccs2)CC1. The molecule has 3 heteroatoms. The number of rotatable bonds is 4. The van der Waals surface area contributed by atoms with Crippen LogP contribution in [0.5, 0.6) is 0 Å². The van der Waals surface area contributed by atoms with Gasteiger partial charge in [0.2, 0.25) is 0 Å². The van der Waals surface area contributed by atoms with Crippen molar-refractivity contribution in [2.24, 2.45) is 5.92 Å². The van der Waals surface area contributed by atoms with E-state index in [0.29, 0.717) is 0 Å². The first-order chi connectivity index (χ1) is 9.83. The van der Waals surface area contributed by atoms with E-state index in [-0.39, 0.29) is 0 Å². The number of thiophene rings is 1. The molecule has 1 N–H and O–H groups in total. The van der Waals surface area contributed by atoms with Crippen molar-refractivity contribution in [3.05, 3.63) is 41.8 Å². The second kappa shape index (κ2) is 6.42. The maximum Gasteiger partial charge on any atom is 0.0428 e. The van der Waals surface area contributed by atoms with Crippen LogP contribution in [0.4, 0.5) is 5.69 Å². The van der Waals surface area contributed by atoms with Gasteiger partial charge in [-0.05, 0) is 56.4 Å². The van der Waals surface area contributed by atoms with Gasteiger partial charge in [-0.3, -0.25) is 0 Å². The molecule has 0 unspecified atom stereocenters. The third kappa shape index (κ3) is 3.22. The highest BCUT2D eigenvalue weighted by Crippen LogP contribution is 2.31. The van der Waals surface area contributed by atoms with Crippen molar-refractivity contribution in [1.82, 2.24) is 4.90 Å². The summed E-state index contributed by atoms with van der Waals surface area (Å²) in [5.74, 6) is 0.808. The minimum atomic E-state index is 0.808. The van der Waals surface area contributed by atoms with Crippen LogP contribution in [0.1, 0.15) is 12.8 Å². The van der Waals surface area contributed by atoms with Gasteiger partial charge in [0.1, 0.15) is 0 Å². The highest BCUT2D eigenvalue weighted by molar-refractivity contribution is 7.13. The first kappa shape index (κ1) is 13.7. The molecule has 1 aliphatic heterocycles. The lowest BCUT2D eigenvalue weighted by Gasteiger charge is -2.29. The monoisotopic (exact) mass is 286 g/mol. The van der Waals surface area contributed by atoms with Crippen LogP contribution in [-0.2, 0) is 0 Å². The maximum atomic E-state index is 3.67. The zero-order chi connectivity index (χ0) is 13.8. The van der Waals surface area contributed by atoms with Crippen LogP contribution in [0.15, 0.2) is 41.8 Å². The lowest BCUT2D eigenvalue weighted by molar-refractivity contribution is 0.226. The van der Waals surface area contributed by atoms with E-state index in [2.05, 4.69) is 59.0 Å². The molecule has 0 spiro atoms. The quantitative estimate of drug-likeness (QED) is 0.907. The highest BCUT2D eigenvalue weighted by atomic mass is 32.1. The number of hydrogen-bond acceptors (Lipinski definition) is 3. The predicted octanol–water partition coefficient (Wildman–Crippen LogP) is 4.17. The number of para-hydroxylation sites is 1. The molecule has 1 saturated heterocycles. The van der Waals surface area contributed by atoms with Crippen molar-refractivity contribution in [3.8, 4) is 10.4 Å². The molecule has 0 saturated carbocycles. The van der Waals surface area contributed by atoms with Crippen molar-refractivity contribution in [1.29, 1.82) is 0 Å². The summed E-state index contributed by atoms with van der Waals surface area (Å²) in [5, 5.41) is 5.82. The van der Waals surface area contributed by atoms with Crippen molar-refractivity contribution in [3.63, 3.8) is 0 Å². The summed E-state index contributed by atoms with van der Waals surface area (Å²) >= 11 is 1.81. The maximum absolute atomic E-state index is 3.67. The van der Waals surface area contributed by atoms with E-state index >= 15 is 0 Å². The third-order valence-corrected chi connectivity index (χ3v) is 5.04. The average Bonchev–Trinajstić information content (AvgIpc) is 3.01. The van der Waals surface area contributed by atoms with Crippen LogP contribution in [0, 0.1) is 5.92 Å². The number of nitrogens with zero attached hydrogens (tertiary/aromatic N) is 1. The lowest BCUT2D eigenvalue weighted by Crippen LogP contribution is -2.33. The summed E-state index contributed by atoms with van der Waals surface area (Å²) in [6.07, 6.45) is 2.62. The van der Waals surface area contributed by atoms with Crippen LogP contribution in [0.2, 0.25) is 0 Å². The van der Waals surface area contributed by atoms with Crippen LogP contribution in [-0.4, -0.2) is 31.6 Å². The number of likely N-dealkylation sites (tertiary alicyclic amines) is 1. The van der Waals surface area contributed by atoms with Crippen molar-refractivity contribution in [2.75, 3.05) is 32.0 Å². The van der Waals surface area contributed by atoms with Crippen molar-refractivity contribution >= 4 is 17.0 Å². The molecule has 2 aromatic rings. The first-order valence-corrected chi connectivity index (χ1v) is 8.26. The first-order valence-electron chi connectivity index (χ1n) is 7.38. The summed E-state index contributed by atoms with van der Waals surface area (Å²) in [6.45, 7) is 3.56. The Morgan fingerprint density at radius 2 is 1.95 bits per heavy atom. The van der Waals surface area contributed by atoms with E-state index in [0.717, 1.165) is 12.5 Å². The molecule has 20 heavy (non-hydrogen) atoms. The van der Waals surface area contributed by atoms with Crippen molar-refractivity contribution < 1.29 is 0 Å². The van der Waals surface area contributed by atoms with E-state index in [1.807, 2.05) is 0 Å². The minimum Gasteiger partial charge on any atom is -0.384 e. The zero-order valence-electron chi connectivity index (χ0n) is 12.0. The molecule has 0 aliphatic carbocycles. The standard InChI is InChI=1S/C17H22N2S/c1-19-10-8-14(9-11-19)13-18-16-6-3-2-5-15(16)17-7-4-12-20-17/h2-7,12,14,18H,8-11,13H2,1H3. The Bertz CT molecular complexity index is 528. The van der Waals surface area contributed by atoms with Crippen molar-refractivity contribution in [2.45, 2.75) is 12.8 Å². The molecule has 2 nitrogen and oxygen atoms in total. The molecule has 1 fully saturated rings. The molecule has 1 aromatic heterocycles. The Balaban J connectivity index is 1.66. The van der Waals surface area contributed by atoms with Gasteiger partial charge >= 0.3 is 0 Å².